The number of nitrogens with zero attached hydrogens (tertiary/aromatic N) is 4. The molecule has 356 valence electrons. The molecule has 0 saturated heterocycles. The number of benzene rings is 13. The van der Waals surface area contributed by atoms with Crippen LogP contribution < -0.4 is 26.2 Å². The van der Waals surface area contributed by atoms with Crippen LogP contribution in [-0.2, 0) is 0 Å². The van der Waals surface area contributed by atoms with Crippen molar-refractivity contribution in [3.05, 3.63) is 273 Å². The minimum absolute atomic E-state index is 0.136. The summed E-state index contributed by atoms with van der Waals surface area (Å²) in [6, 6.07) is 99.9. The molecule has 1 aromatic heterocycles. The Morgan fingerprint density at radius 1 is 0.286 bits per heavy atom. The van der Waals surface area contributed by atoms with Crippen LogP contribution in [0.15, 0.2) is 273 Å². The Morgan fingerprint density at radius 2 is 0.701 bits per heavy atom. The third-order valence-electron chi connectivity index (χ3n) is 16.2. The van der Waals surface area contributed by atoms with Crippen molar-refractivity contribution in [2.24, 2.45) is 0 Å². The van der Waals surface area contributed by atoms with Gasteiger partial charge in [0.25, 0.3) is 6.71 Å². The molecular formula is C72H45BN4. The molecule has 4 nitrogen and oxygen atoms in total. The van der Waals surface area contributed by atoms with Crippen LogP contribution in [0.25, 0.3) is 98.9 Å². The Balaban J connectivity index is 1.05. The van der Waals surface area contributed by atoms with Gasteiger partial charge in [0.05, 0.1) is 11.2 Å². The van der Waals surface area contributed by atoms with Crippen LogP contribution in [0, 0.1) is 0 Å². The molecule has 0 N–H and O–H groups in total. The second-order valence-electron chi connectivity index (χ2n) is 20.4. The van der Waals surface area contributed by atoms with E-state index in [9.17, 15) is 0 Å². The number of aromatic nitrogens is 2. The second kappa shape index (κ2) is 17.2. The zero-order valence-electron chi connectivity index (χ0n) is 41.8. The quantitative estimate of drug-likeness (QED) is 0.123. The van der Waals surface area contributed by atoms with Crippen LogP contribution >= 0.6 is 0 Å². The van der Waals surface area contributed by atoms with Crippen LogP contribution in [0.3, 0.4) is 0 Å². The maximum Gasteiger partial charge on any atom is 0.252 e. The van der Waals surface area contributed by atoms with Gasteiger partial charge in [-0.15, -0.1) is 0 Å². The molecule has 2 aliphatic rings. The lowest BCUT2D eigenvalue weighted by atomic mass is 9.33. The van der Waals surface area contributed by atoms with Gasteiger partial charge in [-0.05, 0) is 113 Å². The Hall–Kier alpha value is -10.1. The lowest BCUT2D eigenvalue weighted by Gasteiger charge is -2.45. The third-order valence-corrected chi connectivity index (χ3v) is 16.2. The fourth-order valence-electron chi connectivity index (χ4n) is 12.7. The van der Waals surface area contributed by atoms with Crippen LogP contribution in [0.2, 0.25) is 0 Å². The summed E-state index contributed by atoms with van der Waals surface area (Å²) in [6.07, 6.45) is 0. The zero-order valence-corrected chi connectivity index (χ0v) is 41.8. The predicted molar refractivity (Wildman–Crippen MR) is 325 cm³/mol. The first-order valence-electron chi connectivity index (χ1n) is 26.5. The highest BCUT2D eigenvalue weighted by atomic mass is 15.2. The second-order valence-corrected chi connectivity index (χ2v) is 20.4. The van der Waals surface area contributed by atoms with Crippen LogP contribution in [-0.4, -0.2) is 16.7 Å². The summed E-state index contributed by atoms with van der Waals surface area (Å²) in [5.41, 5.74) is 18.9. The van der Waals surface area contributed by atoms with Crippen molar-refractivity contribution in [2.45, 2.75) is 0 Å². The Labute approximate surface area is 446 Å². The first kappa shape index (κ1) is 43.3. The van der Waals surface area contributed by atoms with Gasteiger partial charge < -0.3 is 9.80 Å². The number of para-hydroxylation sites is 1. The molecule has 16 rings (SSSR count). The SMILES string of the molecule is c1ccc(-c2ccc(N3c4cc(-c5nc(-c6ccccc6)c6ccccc6n5)cc5c4B(c4ccc6c(ccc7ccccc76)c43)c3ccc4c(ccc6ccccc64)c3N5c3ccc(-c4ccccc4)cc3)cc2)cc1. The van der Waals surface area contributed by atoms with Gasteiger partial charge in [0.1, 0.15) is 0 Å². The van der Waals surface area contributed by atoms with E-state index in [0.29, 0.717) is 5.82 Å². The minimum Gasteiger partial charge on any atom is -0.311 e. The molecular weight excluding hydrogens is 932 g/mol. The zero-order chi connectivity index (χ0) is 50.6. The number of rotatable bonds is 6. The van der Waals surface area contributed by atoms with E-state index in [1.165, 1.54) is 93.1 Å². The normalized spacial score (nSPS) is 12.6. The largest absolute Gasteiger partial charge is 0.311 e. The van der Waals surface area contributed by atoms with E-state index in [-0.39, 0.29) is 6.71 Å². The summed E-state index contributed by atoms with van der Waals surface area (Å²) in [5.74, 6) is 0.668. The maximum atomic E-state index is 5.60. The van der Waals surface area contributed by atoms with Gasteiger partial charge in [0.15, 0.2) is 5.82 Å². The Morgan fingerprint density at radius 3 is 1.21 bits per heavy atom. The lowest BCUT2D eigenvalue weighted by molar-refractivity contribution is 1.21. The third kappa shape index (κ3) is 6.80. The molecule has 0 fully saturated rings. The van der Waals surface area contributed by atoms with Gasteiger partial charge in [-0.25, -0.2) is 9.97 Å². The summed E-state index contributed by atoms with van der Waals surface area (Å²) in [7, 11) is 0. The van der Waals surface area contributed by atoms with Gasteiger partial charge in [0, 0.05) is 61.4 Å². The summed E-state index contributed by atoms with van der Waals surface area (Å²) < 4.78 is 0. The van der Waals surface area contributed by atoms with E-state index in [1.807, 2.05) is 0 Å². The van der Waals surface area contributed by atoms with Crippen molar-refractivity contribution >= 4 is 111 Å². The number of hydrogen-bond donors (Lipinski definition) is 0. The molecule has 5 heteroatoms. The fourth-order valence-corrected chi connectivity index (χ4v) is 12.7. The molecule has 77 heavy (non-hydrogen) atoms. The van der Waals surface area contributed by atoms with E-state index in [4.69, 9.17) is 9.97 Å². The van der Waals surface area contributed by atoms with Crippen molar-refractivity contribution in [2.75, 3.05) is 9.80 Å². The van der Waals surface area contributed by atoms with Gasteiger partial charge in [0.2, 0.25) is 0 Å². The van der Waals surface area contributed by atoms with E-state index in [0.717, 1.165) is 50.5 Å². The number of fused-ring (bicyclic) bond motifs is 13. The van der Waals surface area contributed by atoms with Gasteiger partial charge in [-0.3, -0.25) is 0 Å². The number of anilines is 6. The topological polar surface area (TPSA) is 32.3 Å². The minimum atomic E-state index is -0.136. The summed E-state index contributed by atoms with van der Waals surface area (Å²) in [6.45, 7) is -0.136. The molecule has 14 aromatic rings. The van der Waals surface area contributed by atoms with E-state index in [2.05, 4.69) is 283 Å². The monoisotopic (exact) mass is 976 g/mol. The Kier molecular flexibility index (Phi) is 9.70. The highest BCUT2D eigenvalue weighted by Gasteiger charge is 2.45. The van der Waals surface area contributed by atoms with Crippen LogP contribution in [0.1, 0.15) is 0 Å². The van der Waals surface area contributed by atoms with E-state index in [1.54, 1.807) is 0 Å². The smallest absolute Gasteiger partial charge is 0.252 e. The van der Waals surface area contributed by atoms with Crippen LogP contribution in [0.4, 0.5) is 34.1 Å². The molecule has 0 spiro atoms. The van der Waals surface area contributed by atoms with E-state index >= 15 is 0 Å². The summed E-state index contributed by atoms with van der Waals surface area (Å²) in [4.78, 5) is 16.2. The fraction of sp³-hybridized carbons (Fsp3) is 0. The van der Waals surface area contributed by atoms with Crippen molar-refractivity contribution in [1.82, 2.24) is 9.97 Å². The first-order valence-corrected chi connectivity index (χ1v) is 26.5. The molecule has 0 saturated carbocycles. The van der Waals surface area contributed by atoms with Gasteiger partial charge in [-0.1, -0.05) is 231 Å². The molecule has 13 aromatic carbocycles. The van der Waals surface area contributed by atoms with Crippen LogP contribution in [0.5, 0.6) is 0 Å². The van der Waals surface area contributed by atoms with E-state index < -0.39 is 0 Å². The highest BCUT2D eigenvalue weighted by molar-refractivity contribution is 7.01. The molecule has 0 amide bonds. The molecule has 0 atom stereocenters. The van der Waals surface area contributed by atoms with Crippen molar-refractivity contribution in [1.29, 1.82) is 0 Å². The summed E-state index contributed by atoms with van der Waals surface area (Å²) in [5, 5.41) is 10.8. The molecule has 2 aliphatic heterocycles. The first-order chi connectivity index (χ1) is 38.2. The predicted octanol–water partition coefficient (Wildman–Crippen LogP) is 17.0. The van der Waals surface area contributed by atoms with Crippen molar-refractivity contribution in [3.63, 3.8) is 0 Å². The molecule has 3 heterocycles. The lowest BCUT2D eigenvalue weighted by Crippen LogP contribution is -2.61. The molecule has 0 radical (unpaired) electrons. The average Bonchev–Trinajstić information content (AvgIpc) is 3.66. The molecule has 0 bridgehead atoms. The molecule has 0 aliphatic carbocycles. The summed E-state index contributed by atoms with van der Waals surface area (Å²) >= 11 is 0. The van der Waals surface area contributed by atoms with Gasteiger partial charge in [-0.2, -0.15) is 0 Å². The van der Waals surface area contributed by atoms with Gasteiger partial charge >= 0.3 is 0 Å². The highest BCUT2D eigenvalue weighted by Crippen LogP contribution is 2.50. The number of hydrogen-bond acceptors (Lipinski definition) is 4. The molecule has 0 unspecified atom stereocenters. The average molecular weight is 977 g/mol. The van der Waals surface area contributed by atoms with Crippen molar-refractivity contribution < 1.29 is 0 Å². The standard InChI is InChI=1S/C72H45BN4/c1-4-16-46(17-5-1)48-28-34-54(35-29-48)76-66-44-53(72-74-65-27-15-14-26-62(65)69(75-72)52-22-8-3-9-23-52)45-67-68(66)73(63-42-40-58-56-24-12-10-20-50(56)32-38-60(58)70(63)76)64-43-41-59-57-25-13-11-21-51(57)33-39-61(59)71(64)77(67)55-36-30-49(31-37-55)47-18-6-2-7-19-47/h1-45H. The maximum absolute atomic E-state index is 5.60. The Bertz CT molecular complexity index is 4440. The van der Waals surface area contributed by atoms with Crippen molar-refractivity contribution in [3.8, 4) is 44.9 Å².